The molecule has 0 aliphatic rings. The Morgan fingerprint density at radius 1 is 1.03 bits per heavy atom. The quantitative estimate of drug-likeness (QED) is 0.610. The third-order valence-electron chi connectivity index (χ3n) is 4.87. The zero-order valence-electron chi connectivity index (χ0n) is 19.2. The predicted molar refractivity (Wildman–Crippen MR) is 125 cm³/mol. The van der Waals surface area contributed by atoms with Crippen LogP contribution in [0, 0.1) is 0 Å². The number of nitrogens with one attached hydrogen (secondary N) is 1. The Balaban J connectivity index is 2.16. The van der Waals surface area contributed by atoms with Gasteiger partial charge in [0.05, 0.1) is 0 Å². The molecule has 0 saturated carbocycles. The number of amides is 2. The second-order valence-corrected chi connectivity index (χ2v) is 9.45. The van der Waals surface area contributed by atoms with Crippen molar-refractivity contribution in [1.82, 2.24) is 10.2 Å². The Bertz CT molecular complexity index is 888. The monoisotopic (exact) mass is 444 g/mol. The lowest BCUT2D eigenvalue weighted by atomic mass is 10.0. The molecule has 1 atom stereocenters. The van der Waals surface area contributed by atoms with Crippen molar-refractivity contribution < 1.29 is 14.3 Å². The summed E-state index contributed by atoms with van der Waals surface area (Å²) in [6.07, 6.45) is 0. The van der Waals surface area contributed by atoms with Crippen LogP contribution in [0.5, 0.6) is 5.75 Å². The van der Waals surface area contributed by atoms with Gasteiger partial charge in [-0.05, 0) is 62.9 Å². The van der Waals surface area contributed by atoms with Crippen LogP contribution in [-0.4, -0.2) is 34.9 Å². The van der Waals surface area contributed by atoms with Crippen molar-refractivity contribution >= 4 is 23.4 Å². The first-order valence-electron chi connectivity index (χ1n) is 10.6. The summed E-state index contributed by atoms with van der Waals surface area (Å²) < 4.78 is 5.73. The highest BCUT2D eigenvalue weighted by Gasteiger charge is 2.29. The molecule has 0 radical (unpaired) electrons. The number of halogens is 1. The molecule has 0 saturated heterocycles. The molecule has 31 heavy (non-hydrogen) atoms. The van der Waals surface area contributed by atoms with Gasteiger partial charge in [-0.2, -0.15) is 0 Å². The molecule has 0 aliphatic heterocycles. The minimum absolute atomic E-state index is 0.168. The highest BCUT2D eigenvalue weighted by molar-refractivity contribution is 6.31. The third kappa shape index (κ3) is 7.59. The van der Waals surface area contributed by atoms with Crippen LogP contribution < -0.4 is 10.1 Å². The van der Waals surface area contributed by atoms with E-state index in [0.29, 0.717) is 16.7 Å². The Morgan fingerprint density at radius 2 is 1.65 bits per heavy atom. The summed E-state index contributed by atoms with van der Waals surface area (Å²) in [4.78, 5) is 27.4. The van der Waals surface area contributed by atoms with E-state index in [0.717, 1.165) is 5.56 Å². The standard InChI is InChI=1S/C25H33ClN2O3/c1-17(2)19-11-13-21(14-12-19)31-16-23(29)28(15-20-9-7-8-10-22(20)26)18(3)24(30)27-25(4,5)6/h7-14,17-18H,15-16H2,1-6H3,(H,27,30)/t18-/m1/s1. The van der Waals surface area contributed by atoms with Crippen LogP contribution in [0.25, 0.3) is 0 Å². The molecule has 0 fully saturated rings. The second kappa shape index (κ2) is 10.7. The molecule has 0 aliphatic carbocycles. The molecule has 2 amide bonds. The summed E-state index contributed by atoms with van der Waals surface area (Å²) >= 11 is 6.31. The van der Waals surface area contributed by atoms with E-state index in [2.05, 4.69) is 19.2 Å². The van der Waals surface area contributed by atoms with Gasteiger partial charge in [-0.15, -0.1) is 0 Å². The normalized spacial score (nSPS) is 12.4. The van der Waals surface area contributed by atoms with E-state index >= 15 is 0 Å². The molecular weight excluding hydrogens is 412 g/mol. The number of benzene rings is 2. The lowest BCUT2D eigenvalue weighted by Gasteiger charge is -2.31. The van der Waals surface area contributed by atoms with Gasteiger partial charge in [-0.3, -0.25) is 9.59 Å². The van der Waals surface area contributed by atoms with Gasteiger partial charge in [0.15, 0.2) is 6.61 Å². The number of carbonyl (C=O) groups is 2. The second-order valence-electron chi connectivity index (χ2n) is 9.04. The highest BCUT2D eigenvalue weighted by atomic mass is 35.5. The number of hydrogen-bond donors (Lipinski definition) is 1. The van der Waals surface area contributed by atoms with Gasteiger partial charge in [0, 0.05) is 17.1 Å². The summed E-state index contributed by atoms with van der Waals surface area (Å²) in [7, 11) is 0. The predicted octanol–water partition coefficient (Wildman–Crippen LogP) is 5.17. The maximum absolute atomic E-state index is 13.1. The first-order valence-corrected chi connectivity index (χ1v) is 10.9. The lowest BCUT2D eigenvalue weighted by molar-refractivity contribution is -0.142. The maximum Gasteiger partial charge on any atom is 0.261 e. The average molecular weight is 445 g/mol. The van der Waals surface area contributed by atoms with Crippen molar-refractivity contribution in [1.29, 1.82) is 0 Å². The number of hydrogen-bond acceptors (Lipinski definition) is 3. The van der Waals surface area contributed by atoms with Gasteiger partial charge in [0.2, 0.25) is 5.91 Å². The zero-order chi connectivity index (χ0) is 23.2. The number of rotatable bonds is 8. The molecule has 1 N–H and O–H groups in total. The highest BCUT2D eigenvalue weighted by Crippen LogP contribution is 2.21. The largest absolute Gasteiger partial charge is 0.484 e. The van der Waals surface area contributed by atoms with Crippen molar-refractivity contribution in [3.05, 3.63) is 64.7 Å². The molecule has 2 aromatic rings. The Hall–Kier alpha value is -2.53. The van der Waals surface area contributed by atoms with E-state index in [1.807, 2.05) is 63.2 Å². The number of nitrogens with zero attached hydrogens (tertiary/aromatic N) is 1. The van der Waals surface area contributed by atoms with E-state index in [4.69, 9.17) is 16.3 Å². The Morgan fingerprint density at radius 3 is 2.19 bits per heavy atom. The number of carbonyl (C=O) groups excluding carboxylic acids is 2. The fourth-order valence-corrected chi connectivity index (χ4v) is 3.24. The first-order chi connectivity index (χ1) is 14.5. The van der Waals surface area contributed by atoms with Crippen LogP contribution in [0.1, 0.15) is 58.6 Å². The third-order valence-corrected chi connectivity index (χ3v) is 5.24. The van der Waals surface area contributed by atoms with Crippen molar-refractivity contribution in [2.75, 3.05) is 6.61 Å². The molecule has 5 nitrogen and oxygen atoms in total. The van der Waals surface area contributed by atoms with Crippen molar-refractivity contribution in [3.63, 3.8) is 0 Å². The molecule has 2 rings (SSSR count). The first kappa shape index (κ1) is 24.7. The lowest BCUT2D eigenvalue weighted by Crippen LogP contribution is -2.53. The van der Waals surface area contributed by atoms with Gasteiger partial charge >= 0.3 is 0 Å². The maximum atomic E-state index is 13.1. The Labute approximate surface area is 190 Å². The van der Waals surface area contributed by atoms with E-state index in [9.17, 15) is 9.59 Å². The van der Waals surface area contributed by atoms with Crippen LogP contribution >= 0.6 is 11.6 Å². The van der Waals surface area contributed by atoms with Crippen LogP contribution in [0.15, 0.2) is 48.5 Å². The van der Waals surface area contributed by atoms with E-state index < -0.39 is 11.6 Å². The van der Waals surface area contributed by atoms with Crippen molar-refractivity contribution in [2.24, 2.45) is 0 Å². The van der Waals surface area contributed by atoms with Crippen LogP contribution in [0.3, 0.4) is 0 Å². The summed E-state index contributed by atoms with van der Waals surface area (Å²) in [5.41, 5.74) is 1.57. The Kier molecular flexibility index (Phi) is 8.52. The molecule has 2 aromatic carbocycles. The van der Waals surface area contributed by atoms with Gasteiger partial charge in [0.25, 0.3) is 5.91 Å². The van der Waals surface area contributed by atoms with Crippen LogP contribution in [-0.2, 0) is 16.1 Å². The zero-order valence-corrected chi connectivity index (χ0v) is 20.0. The smallest absolute Gasteiger partial charge is 0.261 e. The molecule has 0 heterocycles. The van der Waals surface area contributed by atoms with Crippen molar-refractivity contribution in [2.45, 2.75) is 65.6 Å². The van der Waals surface area contributed by atoms with Gasteiger partial charge in [-0.25, -0.2) is 0 Å². The summed E-state index contributed by atoms with van der Waals surface area (Å²) in [5.74, 6) is 0.518. The molecule has 0 bridgehead atoms. The molecular formula is C25H33ClN2O3. The number of ether oxygens (including phenoxy) is 1. The van der Waals surface area contributed by atoms with Crippen molar-refractivity contribution in [3.8, 4) is 5.75 Å². The van der Waals surface area contributed by atoms with Crippen LogP contribution in [0.2, 0.25) is 5.02 Å². The molecule has 0 aromatic heterocycles. The summed E-state index contributed by atoms with van der Waals surface area (Å²) in [6.45, 7) is 11.7. The molecule has 0 spiro atoms. The summed E-state index contributed by atoms with van der Waals surface area (Å²) in [5, 5.41) is 3.49. The van der Waals surface area contributed by atoms with Gasteiger partial charge in [-0.1, -0.05) is 55.8 Å². The minimum Gasteiger partial charge on any atom is -0.484 e. The molecule has 168 valence electrons. The van der Waals surface area contributed by atoms with Gasteiger partial charge < -0.3 is 15.0 Å². The van der Waals surface area contributed by atoms with Gasteiger partial charge in [0.1, 0.15) is 11.8 Å². The van der Waals surface area contributed by atoms with E-state index in [1.54, 1.807) is 13.0 Å². The minimum atomic E-state index is -0.685. The fourth-order valence-electron chi connectivity index (χ4n) is 3.04. The van der Waals surface area contributed by atoms with Crippen LogP contribution in [0.4, 0.5) is 0 Å². The molecule has 0 unspecified atom stereocenters. The summed E-state index contributed by atoms with van der Waals surface area (Å²) in [6, 6.07) is 14.3. The SMILES string of the molecule is CC(C)c1ccc(OCC(=O)N(Cc2ccccc2Cl)[C@H](C)C(=O)NC(C)(C)C)cc1. The molecule has 6 heteroatoms. The topological polar surface area (TPSA) is 58.6 Å². The fraction of sp³-hybridized carbons (Fsp3) is 0.440. The van der Waals surface area contributed by atoms with E-state index in [1.165, 1.54) is 10.5 Å². The average Bonchev–Trinajstić information content (AvgIpc) is 2.70. The van der Waals surface area contributed by atoms with E-state index in [-0.39, 0.29) is 25.0 Å².